The van der Waals surface area contributed by atoms with Crippen molar-refractivity contribution in [2.75, 3.05) is 26.2 Å². The van der Waals surface area contributed by atoms with E-state index < -0.39 is 10.0 Å². The van der Waals surface area contributed by atoms with Crippen LogP contribution in [0.2, 0.25) is 10.0 Å². The number of benzene rings is 2. The molecule has 1 aromatic heterocycles. The third kappa shape index (κ3) is 4.60. The minimum absolute atomic E-state index is 0.0488. The highest BCUT2D eigenvalue weighted by Gasteiger charge is 2.32. The van der Waals surface area contributed by atoms with E-state index in [9.17, 15) is 13.2 Å². The maximum atomic E-state index is 13.0. The maximum absolute atomic E-state index is 13.0. The van der Waals surface area contributed by atoms with Crippen molar-refractivity contribution < 1.29 is 13.2 Å². The smallest absolute Gasteiger partial charge is 0.246 e. The average Bonchev–Trinajstić information content (AvgIpc) is 3.17. The summed E-state index contributed by atoms with van der Waals surface area (Å²) in [7, 11) is -3.81. The maximum Gasteiger partial charge on any atom is 0.246 e. The molecular formula is C22H23Cl2N3O3S. The quantitative estimate of drug-likeness (QED) is 0.571. The molecule has 1 N–H and O–H groups in total. The van der Waals surface area contributed by atoms with Crippen molar-refractivity contribution in [1.29, 1.82) is 0 Å². The molecule has 3 aromatic rings. The summed E-state index contributed by atoms with van der Waals surface area (Å²) < 4.78 is 27.3. The van der Waals surface area contributed by atoms with E-state index in [0.717, 1.165) is 18.4 Å². The third-order valence-corrected chi connectivity index (χ3v) is 8.47. The number of para-hydroxylation sites is 1. The van der Waals surface area contributed by atoms with Crippen molar-refractivity contribution >= 4 is 50.0 Å². The number of aryl methyl sites for hydroxylation is 1. The first-order valence-electron chi connectivity index (χ1n) is 10.1. The van der Waals surface area contributed by atoms with Crippen LogP contribution in [-0.4, -0.2) is 54.7 Å². The largest absolute Gasteiger partial charge is 0.361 e. The number of aromatic nitrogens is 1. The molecule has 0 radical (unpaired) electrons. The Balaban J connectivity index is 1.32. The highest BCUT2D eigenvalue weighted by molar-refractivity contribution is 7.89. The van der Waals surface area contributed by atoms with Gasteiger partial charge in [0.15, 0.2) is 0 Å². The number of sulfonamides is 1. The second kappa shape index (κ2) is 9.20. The predicted octanol–water partition coefficient (Wildman–Crippen LogP) is 4.33. The minimum Gasteiger partial charge on any atom is -0.361 e. The Morgan fingerprint density at radius 1 is 0.968 bits per heavy atom. The van der Waals surface area contributed by atoms with Gasteiger partial charge in [0.25, 0.3) is 0 Å². The molecule has 4 rings (SSSR count). The molecule has 0 saturated carbocycles. The first kappa shape index (κ1) is 22.1. The van der Waals surface area contributed by atoms with Crippen LogP contribution in [-0.2, 0) is 21.2 Å². The number of nitrogens with one attached hydrogen (secondary N) is 1. The molecule has 1 saturated heterocycles. The molecule has 1 amide bonds. The van der Waals surface area contributed by atoms with Gasteiger partial charge in [-0.2, -0.15) is 4.31 Å². The number of carbonyl (C=O) groups excluding carboxylic acids is 1. The first-order valence-corrected chi connectivity index (χ1v) is 12.3. The van der Waals surface area contributed by atoms with Crippen LogP contribution >= 0.6 is 23.2 Å². The molecule has 2 aromatic carbocycles. The molecule has 31 heavy (non-hydrogen) atoms. The molecule has 0 bridgehead atoms. The van der Waals surface area contributed by atoms with Gasteiger partial charge in [-0.1, -0.05) is 47.5 Å². The number of halogens is 2. The number of amides is 1. The molecule has 6 nitrogen and oxygen atoms in total. The summed E-state index contributed by atoms with van der Waals surface area (Å²) >= 11 is 12.2. The van der Waals surface area contributed by atoms with Crippen LogP contribution in [0.1, 0.15) is 18.4 Å². The van der Waals surface area contributed by atoms with E-state index in [0.29, 0.717) is 19.5 Å². The Labute approximate surface area is 191 Å². The Morgan fingerprint density at radius 3 is 2.35 bits per heavy atom. The number of nitrogens with zero attached hydrogens (tertiary/aromatic N) is 2. The zero-order chi connectivity index (χ0) is 22.0. The van der Waals surface area contributed by atoms with Crippen LogP contribution in [0.15, 0.2) is 53.6 Å². The van der Waals surface area contributed by atoms with E-state index in [4.69, 9.17) is 23.2 Å². The molecule has 0 aliphatic carbocycles. The molecule has 1 aliphatic heterocycles. The Kier molecular flexibility index (Phi) is 6.57. The number of hydrogen-bond donors (Lipinski definition) is 1. The van der Waals surface area contributed by atoms with Crippen molar-refractivity contribution in [3.8, 4) is 0 Å². The number of hydrogen-bond acceptors (Lipinski definition) is 3. The van der Waals surface area contributed by atoms with Crippen molar-refractivity contribution in [1.82, 2.24) is 14.2 Å². The predicted molar refractivity (Wildman–Crippen MR) is 123 cm³/mol. The summed E-state index contributed by atoms with van der Waals surface area (Å²) in [5.41, 5.74) is 2.30. The zero-order valence-corrected chi connectivity index (χ0v) is 19.2. The average molecular weight is 480 g/mol. The van der Waals surface area contributed by atoms with Gasteiger partial charge in [0, 0.05) is 49.7 Å². The second-order valence-electron chi connectivity index (χ2n) is 7.55. The SMILES string of the molecule is O=C(CCCc1c[nH]c2ccccc12)N1CCN(S(=O)(=O)c2c(Cl)cccc2Cl)CC1. The Morgan fingerprint density at radius 2 is 1.65 bits per heavy atom. The summed E-state index contributed by atoms with van der Waals surface area (Å²) in [6.45, 7) is 1.15. The molecule has 0 atom stereocenters. The Bertz CT molecular complexity index is 1180. The van der Waals surface area contributed by atoms with Crippen molar-refractivity contribution in [3.05, 3.63) is 64.3 Å². The minimum atomic E-state index is -3.81. The van der Waals surface area contributed by atoms with E-state index in [1.807, 2.05) is 24.4 Å². The summed E-state index contributed by atoms with van der Waals surface area (Å²) in [5.74, 6) is 0.0488. The third-order valence-electron chi connectivity index (χ3n) is 5.62. The number of rotatable bonds is 6. The van der Waals surface area contributed by atoms with Crippen LogP contribution in [0.5, 0.6) is 0 Å². The van der Waals surface area contributed by atoms with Crippen molar-refractivity contribution in [3.63, 3.8) is 0 Å². The lowest BCUT2D eigenvalue weighted by Crippen LogP contribution is -2.50. The lowest BCUT2D eigenvalue weighted by atomic mass is 10.1. The normalized spacial score (nSPS) is 15.5. The molecule has 2 heterocycles. The zero-order valence-electron chi connectivity index (χ0n) is 16.9. The van der Waals surface area contributed by atoms with E-state index in [-0.39, 0.29) is 33.9 Å². The highest BCUT2D eigenvalue weighted by Crippen LogP contribution is 2.32. The number of H-pyrrole nitrogens is 1. The summed E-state index contributed by atoms with van der Waals surface area (Å²) in [6, 6.07) is 12.7. The molecule has 1 fully saturated rings. The molecule has 9 heteroatoms. The first-order chi connectivity index (χ1) is 14.9. The van der Waals surface area contributed by atoms with Crippen molar-refractivity contribution in [2.24, 2.45) is 0 Å². The Hall–Kier alpha value is -2.06. The van der Waals surface area contributed by atoms with Crippen LogP contribution < -0.4 is 0 Å². The summed E-state index contributed by atoms with van der Waals surface area (Å²) in [5, 5.41) is 1.39. The summed E-state index contributed by atoms with van der Waals surface area (Å²) in [6.07, 6.45) is 3.99. The number of aromatic amines is 1. The van der Waals surface area contributed by atoms with Crippen LogP contribution in [0.25, 0.3) is 10.9 Å². The van der Waals surface area contributed by atoms with Gasteiger partial charge in [0.1, 0.15) is 4.90 Å². The van der Waals surface area contributed by atoms with E-state index >= 15 is 0 Å². The fourth-order valence-electron chi connectivity index (χ4n) is 3.96. The van der Waals surface area contributed by atoms with E-state index in [1.54, 1.807) is 11.0 Å². The topological polar surface area (TPSA) is 73.5 Å². The van der Waals surface area contributed by atoms with Gasteiger partial charge >= 0.3 is 0 Å². The van der Waals surface area contributed by atoms with Gasteiger partial charge in [-0.3, -0.25) is 4.79 Å². The number of fused-ring (bicyclic) bond motifs is 1. The molecule has 0 spiro atoms. The lowest BCUT2D eigenvalue weighted by Gasteiger charge is -2.34. The van der Waals surface area contributed by atoms with Crippen molar-refractivity contribution in [2.45, 2.75) is 24.2 Å². The molecule has 0 unspecified atom stereocenters. The molecule has 1 aliphatic rings. The number of piperazine rings is 1. The van der Waals surface area contributed by atoms with Crippen LogP contribution in [0.3, 0.4) is 0 Å². The fourth-order valence-corrected chi connectivity index (χ4v) is 6.48. The van der Waals surface area contributed by atoms with Gasteiger partial charge < -0.3 is 9.88 Å². The van der Waals surface area contributed by atoms with Gasteiger partial charge in [-0.25, -0.2) is 8.42 Å². The van der Waals surface area contributed by atoms with E-state index in [2.05, 4.69) is 11.1 Å². The molecular weight excluding hydrogens is 457 g/mol. The fraction of sp³-hybridized carbons (Fsp3) is 0.318. The van der Waals surface area contributed by atoms with Gasteiger partial charge in [-0.15, -0.1) is 0 Å². The van der Waals surface area contributed by atoms with Gasteiger partial charge in [0.2, 0.25) is 15.9 Å². The molecule has 164 valence electrons. The highest BCUT2D eigenvalue weighted by atomic mass is 35.5. The standard InChI is InChI=1S/C22H23Cl2N3O3S/c23-18-7-4-8-19(24)22(18)31(29,30)27-13-11-26(12-14-27)21(28)10-3-5-16-15-25-20-9-2-1-6-17(16)20/h1-2,4,6-9,15,25H,3,5,10-14H2. The monoisotopic (exact) mass is 479 g/mol. The summed E-state index contributed by atoms with van der Waals surface area (Å²) in [4.78, 5) is 17.5. The van der Waals surface area contributed by atoms with E-state index in [1.165, 1.54) is 27.4 Å². The number of carbonyl (C=O) groups is 1. The van der Waals surface area contributed by atoms with Crippen LogP contribution in [0.4, 0.5) is 0 Å². The van der Waals surface area contributed by atoms with Gasteiger partial charge in [0.05, 0.1) is 10.0 Å². The van der Waals surface area contributed by atoms with Crippen LogP contribution in [0, 0.1) is 0 Å². The van der Waals surface area contributed by atoms with Gasteiger partial charge in [-0.05, 0) is 36.6 Å². The lowest BCUT2D eigenvalue weighted by molar-refractivity contribution is -0.132. The second-order valence-corrected chi connectivity index (χ2v) is 10.2.